The van der Waals surface area contributed by atoms with Crippen molar-refractivity contribution in [3.05, 3.63) is 88.7 Å². The van der Waals surface area contributed by atoms with Crippen molar-refractivity contribution in [3.63, 3.8) is 0 Å². The molecule has 2 heterocycles. The molecule has 0 saturated carbocycles. The van der Waals surface area contributed by atoms with Gasteiger partial charge in [-0.1, -0.05) is 48.5 Å². The predicted molar refractivity (Wildman–Crippen MR) is 140 cm³/mol. The highest BCUT2D eigenvalue weighted by Crippen LogP contribution is 2.38. The lowest BCUT2D eigenvalue weighted by molar-refractivity contribution is -0.645. The first-order chi connectivity index (χ1) is 16.6. The molecule has 4 nitrogen and oxygen atoms in total. The van der Waals surface area contributed by atoms with Crippen LogP contribution in [0.15, 0.2) is 87.4 Å². The monoisotopic (exact) mass is 465 g/mol. The number of hydrogen-bond acceptors (Lipinski definition) is 3. The van der Waals surface area contributed by atoms with Gasteiger partial charge in [0.05, 0.1) is 24.4 Å². The van der Waals surface area contributed by atoms with Crippen molar-refractivity contribution in [1.82, 2.24) is 4.40 Å². The van der Waals surface area contributed by atoms with Crippen LogP contribution in [0.5, 0.6) is 5.75 Å². The first-order valence-electron chi connectivity index (χ1n) is 11.6. The average molecular weight is 466 g/mol. The van der Waals surface area contributed by atoms with E-state index in [4.69, 9.17) is 4.74 Å². The molecule has 0 spiro atoms. The Hall–Kier alpha value is -3.57. The number of ether oxygens (including phenoxy) is 1. The molecule has 0 aliphatic rings. The molecule has 5 heteroatoms. The molecule has 0 bridgehead atoms. The SMILES string of the molecule is CCC[n+]1c2ccc(OC)cc2n2c(=O)c3cccc4c(Sc5ccc(C)cc5)ccc(c43)c21. The third-order valence-corrected chi connectivity index (χ3v) is 7.64. The van der Waals surface area contributed by atoms with Gasteiger partial charge in [0, 0.05) is 21.2 Å². The van der Waals surface area contributed by atoms with E-state index in [1.165, 1.54) is 10.5 Å². The Morgan fingerprint density at radius 3 is 2.50 bits per heavy atom. The third-order valence-electron chi connectivity index (χ3n) is 6.55. The van der Waals surface area contributed by atoms with Crippen LogP contribution in [-0.4, -0.2) is 11.5 Å². The van der Waals surface area contributed by atoms with Crippen molar-refractivity contribution in [3.8, 4) is 5.75 Å². The number of methoxy groups -OCH3 is 1. The van der Waals surface area contributed by atoms with E-state index in [0.29, 0.717) is 0 Å². The Bertz CT molecular complexity index is 1750. The van der Waals surface area contributed by atoms with E-state index in [1.807, 2.05) is 28.7 Å². The zero-order chi connectivity index (χ0) is 23.4. The molecule has 6 rings (SSSR count). The largest absolute Gasteiger partial charge is 0.497 e. The number of rotatable bonds is 5. The molecule has 0 fully saturated rings. The molecule has 0 aliphatic carbocycles. The van der Waals surface area contributed by atoms with Crippen LogP contribution in [0.3, 0.4) is 0 Å². The van der Waals surface area contributed by atoms with Crippen LogP contribution in [-0.2, 0) is 6.54 Å². The lowest BCUT2D eigenvalue weighted by atomic mass is 10.0. The highest BCUT2D eigenvalue weighted by Gasteiger charge is 2.27. The van der Waals surface area contributed by atoms with Crippen LogP contribution in [0, 0.1) is 6.92 Å². The van der Waals surface area contributed by atoms with Crippen molar-refractivity contribution < 1.29 is 9.30 Å². The molecule has 6 aromatic rings. The second-order valence-electron chi connectivity index (χ2n) is 8.72. The summed E-state index contributed by atoms with van der Waals surface area (Å²) in [6, 6.07) is 25.0. The molecule has 0 unspecified atom stereocenters. The van der Waals surface area contributed by atoms with Gasteiger partial charge in [0.15, 0.2) is 11.0 Å². The molecule has 0 amide bonds. The second-order valence-corrected chi connectivity index (χ2v) is 9.84. The molecule has 4 aromatic carbocycles. The Balaban J connectivity index is 1.73. The maximum absolute atomic E-state index is 13.9. The Kier molecular flexibility index (Phi) is 4.96. The minimum Gasteiger partial charge on any atom is -0.497 e. The molecule has 0 saturated heterocycles. The maximum Gasteiger partial charge on any atom is 0.347 e. The number of benzene rings is 4. The first kappa shape index (κ1) is 21.0. The van der Waals surface area contributed by atoms with Gasteiger partial charge in [-0.3, -0.25) is 0 Å². The maximum atomic E-state index is 13.9. The molecule has 2 aromatic heterocycles. The summed E-state index contributed by atoms with van der Waals surface area (Å²) < 4.78 is 9.64. The van der Waals surface area contributed by atoms with Crippen LogP contribution < -0.4 is 14.9 Å². The number of hydrogen-bond donors (Lipinski definition) is 0. The number of aryl methyl sites for hydroxylation is 2. The van der Waals surface area contributed by atoms with E-state index in [0.717, 1.165) is 61.8 Å². The van der Waals surface area contributed by atoms with E-state index < -0.39 is 0 Å². The average Bonchev–Trinajstić information content (AvgIpc) is 3.18. The highest BCUT2D eigenvalue weighted by atomic mass is 32.2. The molecule has 0 aliphatic heterocycles. The molecular formula is C29H25N2O2S+. The van der Waals surface area contributed by atoms with Gasteiger partial charge in [-0.05, 0) is 61.2 Å². The molecule has 0 N–H and O–H groups in total. The lowest BCUT2D eigenvalue weighted by Gasteiger charge is -2.10. The van der Waals surface area contributed by atoms with E-state index in [-0.39, 0.29) is 5.56 Å². The topological polar surface area (TPSA) is 34.6 Å². The summed E-state index contributed by atoms with van der Waals surface area (Å²) >= 11 is 1.74. The van der Waals surface area contributed by atoms with Crippen molar-refractivity contribution >= 4 is 50.0 Å². The van der Waals surface area contributed by atoms with Crippen molar-refractivity contribution in [2.45, 2.75) is 36.6 Å². The van der Waals surface area contributed by atoms with Crippen LogP contribution >= 0.6 is 11.8 Å². The molecule has 168 valence electrons. The van der Waals surface area contributed by atoms with Crippen LogP contribution in [0.1, 0.15) is 18.9 Å². The van der Waals surface area contributed by atoms with Gasteiger partial charge in [-0.15, -0.1) is 0 Å². The summed E-state index contributed by atoms with van der Waals surface area (Å²) in [5.41, 5.74) is 4.14. The quantitative estimate of drug-likeness (QED) is 0.278. The number of pyridine rings is 1. The van der Waals surface area contributed by atoms with Crippen LogP contribution in [0.2, 0.25) is 0 Å². The summed E-state index contributed by atoms with van der Waals surface area (Å²) in [5, 5.41) is 4.00. The van der Waals surface area contributed by atoms with Gasteiger partial charge in [0.2, 0.25) is 0 Å². The predicted octanol–water partition coefficient (Wildman–Crippen LogP) is 6.36. The van der Waals surface area contributed by atoms with Gasteiger partial charge in [0.25, 0.3) is 5.65 Å². The Morgan fingerprint density at radius 1 is 0.941 bits per heavy atom. The number of imidazole rings is 1. The molecule has 34 heavy (non-hydrogen) atoms. The fourth-order valence-corrected chi connectivity index (χ4v) is 5.94. The lowest BCUT2D eigenvalue weighted by Crippen LogP contribution is -2.34. The van der Waals surface area contributed by atoms with Crippen LogP contribution in [0.4, 0.5) is 0 Å². The fourth-order valence-electron chi connectivity index (χ4n) is 5.00. The second kappa shape index (κ2) is 8.03. The molecule has 0 radical (unpaired) electrons. The first-order valence-corrected chi connectivity index (χ1v) is 12.4. The van der Waals surface area contributed by atoms with Gasteiger partial charge >= 0.3 is 5.56 Å². The molecular weight excluding hydrogens is 440 g/mol. The van der Waals surface area contributed by atoms with E-state index in [2.05, 4.69) is 66.9 Å². The van der Waals surface area contributed by atoms with E-state index in [9.17, 15) is 4.79 Å². The third kappa shape index (κ3) is 3.07. The van der Waals surface area contributed by atoms with Gasteiger partial charge in [-0.2, -0.15) is 4.40 Å². The number of fused-ring (bicyclic) bond motifs is 4. The fraction of sp³-hybridized carbons (Fsp3) is 0.172. The van der Waals surface area contributed by atoms with E-state index in [1.54, 1.807) is 18.9 Å². The zero-order valence-corrected chi connectivity index (χ0v) is 20.3. The zero-order valence-electron chi connectivity index (χ0n) is 19.5. The minimum atomic E-state index is 0.0127. The normalized spacial score (nSPS) is 11.9. The summed E-state index contributed by atoms with van der Waals surface area (Å²) in [7, 11) is 1.66. The van der Waals surface area contributed by atoms with Gasteiger partial charge in [0.1, 0.15) is 5.75 Å². The Labute approximate surface area is 201 Å². The Morgan fingerprint density at radius 2 is 1.74 bits per heavy atom. The smallest absolute Gasteiger partial charge is 0.347 e. The summed E-state index contributed by atoms with van der Waals surface area (Å²) in [6.07, 6.45) is 0.975. The summed E-state index contributed by atoms with van der Waals surface area (Å²) in [4.78, 5) is 16.3. The van der Waals surface area contributed by atoms with Crippen molar-refractivity contribution in [1.29, 1.82) is 0 Å². The summed E-state index contributed by atoms with van der Waals surface area (Å²) in [6.45, 7) is 5.10. The minimum absolute atomic E-state index is 0.0127. The standard InChI is InChI=1S/C29H25N2O2S/c1-4-16-30-24-14-10-19(33-3)17-25(24)31-28(30)22-13-15-26(34-20-11-8-18(2)9-12-20)21-6-5-7-23(27(21)22)29(31)32/h5-15,17H,4,16H2,1-3H3/q+1. The van der Waals surface area contributed by atoms with Crippen molar-refractivity contribution in [2.75, 3.05) is 7.11 Å². The number of aromatic nitrogens is 2. The van der Waals surface area contributed by atoms with Gasteiger partial charge in [-0.25, -0.2) is 9.36 Å². The van der Waals surface area contributed by atoms with Crippen molar-refractivity contribution in [2.24, 2.45) is 0 Å². The van der Waals surface area contributed by atoms with Gasteiger partial charge < -0.3 is 4.74 Å². The van der Waals surface area contributed by atoms with Crippen LogP contribution in [0.25, 0.3) is 38.2 Å². The number of nitrogens with zero attached hydrogens (tertiary/aromatic N) is 2. The molecule has 0 atom stereocenters. The summed E-state index contributed by atoms with van der Waals surface area (Å²) in [5.74, 6) is 0.748. The van der Waals surface area contributed by atoms with E-state index >= 15 is 0 Å². The highest BCUT2D eigenvalue weighted by molar-refractivity contribution is 7.99.